The Morgan fingerprint density at radius 1 is 0.893 bits per heavy atom. The summed E-state index contributed by atoms with van der Waals surface area (Å²) in [5.74, 6) is 1.88. The van der Waals surface area contributed by atoms with Gasteiger partial charge in [0.25, 0.3) is 0 Å². The minimum absolute atomic E-state index is 0.167. The molecule has 3 heteroatoms. The Bertz CT molecular complexity index is 315. The molecule has 1 fully saturated rings. The second kappa shape index (κ2) is 21.0. The van der Waals surface area contributed by atoms with Gasteiger partial charge in [0.2, 0.25) is 0 Å². The smallest absolute Gasteiger partial charge is 0.410 e. The third-order valence-electron chi connectivity index (χ3n) is 4.54. The van der Waals surface area contributed by atoms with E-state index in [-0.39, 0.29) is 11.7 Å². The van der Waals surface area contributed by atoms with Crippen molar-refractivity contribution >= 4 is 6.09 Å². The first-order valence-corrected chi connectivity index (χ1v) is 12.1. The number of hydrogen-bond donors (Lipinski definition) is 0. The summed E-state index contributed by atoms with van der Waals surface area (Å²) in [5.41, 5.74) is -0.361. The quantitative estimate of drug-likeness (QED) is 0.445. The van der Waals surface area contributed by atoms with Gasteiger partial charge in [-0.05, 0) is 51.9 Å². The van der Waals surface area contributed by atoms with E-state index in [4.69, 9.17) is 4.74 Å². The lowest BCUT2D eigenvalue weighted by Gasteiger charge is -2.23. The fourth-order valence-electron chi connectivity index (χ4n) is 2.69. The SMILES string of the molecule is CC.CC(C)(C)OC(=O)N1CCCC1.CCCC.CCCC(C)CC(C)CC. The maximum Gasteiger partial charge on any atom is 0.410 e. The highest BCUT2D eigenvalue weighted by Crippen LogP contribution is 2.18. The zero-order valence-corrected chi connectivity index (χ0v) is 21.5. The van der Waals surface area contributed by atoms with E-state index in [1.807, 2.05) is 34.6 Å². The molecule has 1 saturated heterocycles. The Morgan fingerprint density at radius 2 is 1.36 bits per heavy atom. The largest absolute Gasteiger partial charge is 0.444 e. The number of likely N-dealkylation sites (tertiary alicyclic amines) is 1. The van der Waals surface area contributed by atoms with Crippen LogP contribution in [-0.2, 0) is 4.74 Å². The van der Waals surface area contributed by atoms with Crippen molar-refractivity contribution in [3.8, 4) is 0 Å². The van der Waals surface area contributed by atoms with Crippen molar-refractivity contribution in [2.75, 3.05) is 13.1 Å². The average molecular weight is 402 g/mol. The summed E-state index contributed by atoms with van der Waals surface area (Å²) >= 11 is 0. The standard InChI is InChI=1S/C10H22.C9H17NO2.C4H10.C2H6/c1-5-7-10(4)8-9(3)6-2;1-9(2,3)12-8(11)10-6-4-5-7-10;1-3-4-2;1-2/h9-10H,5-8H2,1-4H3;4-7H2,1-3H3;3-4H2,1-2H3;1-2H3. The van der Waals surface area contributed by atoms with Crippen molar-refractivity contribution < 1.29 is 9.53 Å². The van der Waals surface area contributed by atoms with E-state index in [1.54, 1.807) is 4.90 Å². The molecule has 172 valence electrons. The predicted octanol–water partition coefficient (Wildman–Crippen LogP) is 8.71. The number of carbonyl (C=O) groups excluding carboxylic acids is 1. The summed E-state index contributed by atoms with van der Waals surface area (Å²) in [6.07, 6.45) is 10.2. The van der Waals surface area contributed by atoms with Gasteiger partial charge in [-0.15, -0.1) is 0 Å². The number of rotatable bonds is 6. The molecule has 3 nitrogen and oxygen atoms in total. The van der Waals surface area contributed by atoms with Crippen LogP contribution in [0.25, 0.3) is 0 Å². The van der Waals surface area contributed by atoms with Crippen molar-refractivity contribution in [1.29, 1.82) is 0 Å². The number of carbonyl (C=O) groups is 1. The highest BCUT2D eigenvalue weighted by atomic mass is 16.6. The lowest BCUT2D eigenvalue weighted by atomic mass is 9.92. The van der Waals surface area contributed by atoms with Crippen LogP contribution in [0.5, 0.6) is 0 Å². The van der Waals surface area contributed by atoms with E-state index in [0.717, 1.165) is 37.8 Å². The lowest BCUT2D eigenvalue weighted by Crippen LogP contribution is -2.34. The zero-order chi connectivity index (χ0) is 22.6. The molecule has 1 aliphatic heterocycles. The average Bonchev–Trinajstić information content (AvgIpc) is 3.18. The third kappa shape index (κ3) is 23.3. The second-order valence-corrected chi connectivity index (χ2v) is 8.82. The molecule has 1 rings (SSSR count). The minimum Gasteiger partial charge on any atom is -0.444 e. The first kappa shape index (κ1) is 31.9. The number of hydrogen-bond acceptors (Lipinski definition) is 2. The normalized spacial score (nSPS) is 15.0. The fourth-order valence-corrected chi connectivity index (χ4v) is 2.69. The molecule has 0 spiro atoms. The number of amides is 1. The molecule has 2 atom stereocenters. The van der Waals surface area contributed by atoms with Gasteiger partial charge >= 0.3 is 6.09 Å². The summed E-state index contributed by atoms with van der Waals surface area (Å²) in [4.78, 5) is 13.1. The van der Waals surface area contributed by atoms with Crippen LogP contribution in [-0.4, -0.2) is 29.7 Å². The second-order valence-electron chi connectivity index (χ2n) is 8.82. The Balaban J connectivity index is -0.000000353. The van der Waals surface area contributed by atoms with Gasteiger partial charge in [-0.2, -0.15) is 0 Å². The molecule has 0 N–H and O–H groups in total. The van der Waals surface area contributed by atoms with E-state index < -0.39 is 0 Å². The molecule has 2 unspecified atom stereocenters. The monoisotopic (exact) mass is 401 g/mol. The van der Waals surface area contributed by atoms with E-state index in [1.165, 1.54) is 38.5 Å². The summed E-state index contributed by atoms with van der Waals surface area (Å²) in [5, 5.41) is 0. The van der Waals surface area contributed by atoms with Gasteiger partial charge in [0.15, 0.2) is 0 Å². The van der Waals surface area contributed by atoms with E-state index >= 15 is 0 Å². The van der Waals surface area contributed by atoms with Gasteiger partial charge in [0.05, 0.1) is 0 Å². The lowest BCUT2D eigenvalue weighted by molar-refractivity contribution is 0.0295. The highest BCUT2D eigenvalue weighted by molar-refractivity contribution is 5.68. The van der Waals surface area contributed by atoms with Crippen molar-refractivity contribution in [2.24, 2.45) is 11.8 Å². The first-order chi connectivity index (χ1) is 13.1. The number of nitrogens with zero attached hydrogens (tertiary/aromatic N) is 1. The van der Waals surface area contributed by atoms with Gasteiger partial charge < -0.3 is 9.64 Å². The molecular formula is C25H55NO2. The van der Waals surface area contributed by atoms with Crippen LogP contribution in [0.4, 0.5) is 4.79 Å². The van der Waals surface area contributed by atoms with E-state index in [9.17, 15) is 4.79 Å². The summed E-state index contributed by atoms with van der Waals surface area (Å²) in [6, 6.07) is 0. The molecule has 0 aromatic heterocycles. The molecule has 1 heterocycles. The van der Waals surface area contributed by atoms with Crippen LogP contribution in [0, 0.1) is 11.8 Å². The first-order valence-electron chi connectivity index (χ1n) is 12.1. The maximum absolute atomic E-state index is 11.4. The van der Waals surface area contributed by atoms with Gasteiger partial charge in [0.1, 0.15) is 5.60 Å². The Labute approximate surface area is 179 Å². The predicted molar refractivity (Wildman–Crippen MR) is 127 cm³/mol. The molecule has 1 amide bonds. The van der Waals surface area contributed by atoms with E-state index in [0.29, 0.717) is 0 Å². The van der Waals surface area contributed by atoms with Crippen LogP contribution in [0.3, 0.4) is 0 Å². The van der Waals surface area contributed by atoms with Crippen molar-refractivity contribution in [3.05, 3.63) is 0 Å². The maximum atomic E-state index is 11.4. The molecule has 0 bridgehead atoms. The van der Waals surface area contributed by atoms with Crippen molar-refractivity contribution in [3.63, 3.8) is 0 Å². The molecule has 0 radical (unpaired) electrons. The van der Waals surface area contributed by atoms with Crippen LogP contribution in [0.15, 0.2) is 0 Å². The van der Waals surface area contributed by atoms with Gasteiger partial charge in [0, 0.05) is 13.1 Å². The molecule has 0 aromatic rings. The van der Waals surface area contributed by atoms with Gasteiger partial charge in [-0.25, -0.2) is 4.79 Å². The number of unbranched alkanes of at least 4 members (excludes halogenated alkanes) is 1. The Morgan fingerprint density at radius 3 is 1.68 bits per heavy atom. The minimum atomic E-state index is -0.361. The Hall–Kier alpha value is -0.730. The highest BCUT2D eigenvalue weighted by Gasteiger charge is 2.23. The van der Waals surface area contributed by atoms with Crippen LogP contribution in [0.2, 0.25) is 0 Å². The van der Waals surface area contributed by atoms with Crippen LogP contribution < -0.4 is 0 Å². The molecule has 0 saturated carbocycles. The van der Waals surface area contributed by atoms with E-state index in [2.05, 4.69) is 41.5 Å². The van der Waals surface area contributed by atoms with Crippen LogP contribution >= 0.6 is 0 Å². The van der Waals surface area contributed by atoms with Gasteiger partial charge in [-0.3, -0.25) is 0 Å². The molecule has 1 aliphatic rings. The fraction of sp³-hybridized carbons (Fsp3) is 0.960. The molecule has 0 aromatic carbocycles. The Kier molecular flexibility index (Phi) is 24.0. The topological polar surface area (TPSA) is 29.5 Å². The molecular weight excluding hydrogens is 346 g/mol. The van der Waals surface area contributed by atoms with Crippen molar-refractivity contribution in [2.45, 2.75) is 133 Å². The summed E-state index contributed by atoms with van der Waals surface area (Å²) in [7, 11) is 0. The number of ether oxygens (including phenoxy) is 1. The zero-order valence-electron chi connectivity index (χ0n) is 21.5. The summed E-state index contributed by atoms with van der Waals surface area (Å²) < 4.78 is 5.21. The molecule has 0 aliphatic carbocycles. The van der Waals surface area contributed by atoms with Gasteiger partial charge in [-0.1, -0.05) is 87.5 Å². The van der Waals surface area contributed by atoms with Crippen molar-refractivity contribution in [1.82, 2.24) is 4.90 Å². The molecule has 28 heavy (non-hydrogen) atoms. The third-order valence-corrected chi connectivity index (χ3v) is 4.54. The summed E-state index contributed by atoms with van der Waals surface area (Å²) in [6.45, 7) is 25.0. The van der Waals surface area contributed by atoms with Crippen LogP contribution in [0.1, 0.15) is 128 Å².